The van der Waals surface area contributed by atoms with Crippen molar-refractivity contribution in [2.75, 3.05) is 0 Å². The highest BCUT2D eigenvalue weighted by Crippen LogP contribution is 1.97. The molecule has 64 valence electrons. The topological polar surface area (TPSA) is 46.2 Å². The van der Waals surface area contributed by atoms with Gasteiger partial charge in [0, 0.05) is 13.3 Å². The Morgan fingerprint density at radius 1 is 1.27 bits per heavy atom. The molecule has 0 spiro atoms. The third-order valence-corrected chi connectivity index (χ3v) is 1.32. The minimum Gasteiger partial charge on any atom is -0.297 e. The first-order chi connectivity index (χ1) is 5.16. The van der Waals surface area contributed by atoms with E-state index in [1.165, 1.54) is 6.92 Å². The molecule has 1 N–H and O–H groups in total. The van der Waals surface area contributed by atoms with Gasteiger partial charge >= 0.3 is 0 Å². The van der Waals surface area contributed by atoms with Crippen LogP contribution in [0.1, 0.15) is 39.5 Å². The maximum atomic E-state index is 10.8. The molecule has 2 amide bonds. The Hall–Kier alpha value is -0.860. The highest BCUT2D eigenvalue weighted by Gasteiger charge is 2.01. The summed E-state index contributed by atoms with van der Waals surface area (Å²) in [7, 11) is 0. The molecule has 11 heavy (non-hydrogen) atoms. The van der Waals surface area contributed by atoms with Gasteiger partial charge in [0.15, 0.2) is 0 Å². The maximum Gasteiger partial charge on any atom is 0.226 e. The molecule has 0 saturated heterocycles. The summed E-state index contributed by atoms with van der Waals surface area (Å²) in [6.45, 7) is 3.42. The summed E-state index contributed by atoms with van der Waals surface area (Å²) in [4.78, 5) is 21.2. The molecule has 0 aliphatic rings. The number of unbranched alkanes of at least 4 members (excludes halogenated alkanes) is 2. The van der Waals surface area contributed by atoms with Crippen molar-refractivity contribution in [2.45, 2.75) is 39.5 Å². The minimum atomic E-state index is -0.272. The number of carbonyl (C=O) groups excluding carboxylic acids is 2. The summed E-state index contributed by atoms with van der Waals surface area (Å²) in [5.74, 6) is -0.433. The van der Waals surface area contributed by atoms with Gasteiger partial charge in [-0.1, -0.05) is 19.8 Å². The third kappa shape index (κ3) is 7.03. The van der Waals surface area contributed by atoms with Gasteiger partial charge in [0.25, 0.3) is 0 Å². The monoisotopic (exact) mass is 157 g/mol. The molecule has 0 aromatic rings. The molecule has 0 aliphatic carbocycles. The number of carbonyl (C=O) groups is 2. The smallest absolute Gasteiger partial charge is 0.226 e. The van der Waals surface area contributed by atoms with Crippen LogP contribution in [0.3, 0.4) is 0 Å². The van der Waals surface area contributed by atoms with Crippen LogP contribution in [0.2, 0.25) is 0 Å². The maximum absolute atomic E-state index is 10.8. The van der Waals surface area contributed by atoms with Crippen LogP contribution in [0.5, 0.6) is 0 Å². The van der Waals surface area contributed by atoms with Gasteiger partial charge in [0.2, 0.25) is 11.8 Å². The molecule has 0 heterocycles. The van der Waals surface area contributed by atoms with Crippen LogP contribution in [0.4, 0.5) is 0 Å². The lowest BCUT2D eigenvalue weighted by Crippen LogP contribution is -2.27. The molecule has 3 nitrogen and oxygen atoms in total. The van der Waals surface area contributed by atoms with Gasteiger partial charge in [0.05, 0.1) is 0 Å². The molecular formula is C8H15NO2. The van der Waals surface area contributed by atoms with Crippen LogP contribution in [0.25, 0.3) is 0 Å². The van der Waals surface area contributed by atoms with E-state index in [-0.39, 0.29) is 11.8 Å². The van der Waals surface area contributed by atoms with Crippen LogP contribution in [0.15, 0.2) is 0 Å². The molecule has 0 rings (SSSR count). The van der Waals surface area contributed by atoms with Crippen molar-refractivity contribution in [3.8, 4) is 0 Å². The van der Waals surface area contributed by atoms with Crippen molar-refractivity contribution >= 4 is 11.8 Å². The van der Waals surface area contributed by atoms with Gasteiger partial charge in [-0.25, -0.2) is 0 Å². The Morgan fingerprint density at radius 2 is 1.91 bits per heavy atom. The second-order valence-corrected chi connectivity index (χ2v) is 2.56. The Morgan fingerprint density at radius 3 is 2.36 bits per heavy atom. The van der Waals surface area contributed by atoms with E-state index in [1.54, 1.807) is 0 Å². The summed E-state index contributed by atoms with van der Waals surface area (Å²) < 4.78 is 0. The molecule has 0 fully saturated rings. The Kier molecular flexibility index (Phi) is 5.43. The zero-order valence-electron chi connectivity index (χ0n) is 7.14. The third-order valence-electron chi connectivity index (χ3n) is 1.32. The summed E-state index contributed by atoms with van der Waals surface area (Å²) in [5, 5.41) is 2.22. The van der Waals surface area contributed by atoms with Gasteiger partial charge in [-0.05, 0) is 6.42 Å². The predicted octanol–water partition coefficient (Wildman–Crippen LogP) is 1.23. The lowest BCUT2D eigenvalue weighted by atomic mass is 10.2. The number of hydrogen-bond acceptors (Lipinski definition) is 2. The number of imide groups is 1. The normalized spacial score (nSPS) is 9.27. The van der Waals surface area contributed by atoms with Crippen LogP contribution in [-0.2, 0) is 9.59 Å². The van der Waals surface area contributed by atoms with E-state index >= 15 is 0 Å². The minimum absolute atomic E-state index is 0.161. The van der Waals surface area contributed by atoms with E-state index in [2.05, 4.69) is 12.2 Å². The van der Waals surface area contributed by atoms with E-state index in [0.29, 0.717) is 6.42 Å². The van der Waals surface area contributed by atoms with Gasteiger partial charge in [0.1, 0.15) is 0 Å². The van der Waals surface area contributed by atoms with E-state index in [9.17, 15) is 9.59 Å². The van der Waals surface area contributed by atoms with Gasteiger partial charge in [-0.2, -0.15) is 0 Å². The van der Waals surface area contributed by atoms with Crippen molar-refractivity contribution in [3.05, 3.63) is 0 Å². The fourth-order valence-corrected chi connectivity index (χ4v) is 0.794. The average Bonchev–Trinajstić information content (AvgIpc) is 1.86. The molecule has 0 radical (unpaired) electrons. The first-order valence-corrected chi connectivity index (χ1v) is 3.97. The predicted molar refractivity (Wildman–Crippen MR) is 43.0 cm³/mol. The standard InChI is InChI=1S/C8H15NO2/c1-3-4-5-6-8(11)9-7(2)10/h3-6H2,1-2H3,(H,9,10,11). The summed E-state index contributed by atoms with van der Waals surface area (Å²) in [5.41, 5.74) is 0. The molecular weight excluding hydrogens is 142 g/mol. The number of amides is 2. The van der Waals surface area contributed by atoms with Crippen LogP contribution in [0, 0.1) is 0 Å². The fraction of sp³-hybridized carbons (Fsp3) is 0.750. The molecule has 0 bridgehead atoms. The Bertz CT molecular complexity index is 143. The molecule has 0 unspecified atom stereocenters. The molecule has 0 aromatic carbocycles. The number of rotatable bonds is 4. The van der Waals surface area contributed by atoms with Crippen molar-refractivity contribution < 1.29 is 9.59 Å². The highest BCUT2D eigenvalue weighted by atomic mass is 16.2. The number of nitrogens with one attached hydrogen (secondary N) is 1. The van der Waals surface area contributed by atoms with Crippen LogP contribution in [-0.4, -0.2) is 11.8 Å². The quantitative estimate of drug-likeness (QED) is 0.624. The SMILES string of the molecule is CCCCCC(=O)NC(C)=O. The van der Waals surface area contributed by atoms with Gasteiger partial charge < -0.3 is 0 Å². The first kappa shape index (κ1) is 10.1. The van der Waals surface area contributed by atoms with Crippen molar-refractivity contribution in [1.82, 2.24) is 5.32 Å². The summed E-state index contributed by atoms with van der Waals surface area (Å²) in [6, 6.07) is 0. The first-order valence-electron chi connectivity index (χ1n) is 3.97. The second-order valence-electron chi connectivity index (χ2n) is 2.56. The second kappa shape index (κ2) is 5.89. The lowest BCUT2D eigenvalue weighted by Gasteiger charge is -1.98. The van der Waals surface area contributed by atoms with E-state index in [1.807, 2.05) is 0 Å². The van der Waals surface area contributed by atoms with Crippen molar-refractivity contribution in [3.63, 3.8) is 0 Å². The molecule has 0 atom stereocenters. The van der Waals surface area contributed by atoms with Gasteiger partial charge in [-0.3, -0.25) is 14.9 Å². The lowest BCUT2D eigenvalue weighted by molar-refractivity contribution is -0.129. The molecule has 3 heteroatoms. The van der Waals surface area contributed by atoms with E-state index in [4.69, 9.17) is 0 Å². The number of hydrogen-bond donors (Lipinski definition) is 1. The van der Waals surface area contributed by atoms with E-state index < -0.39 is 0 Å². The highest BCUT2D eigenvalue weighted by molar-refractivity contribution is 5.93. The van der Waals surface area contributed by atoms with Gasteiger partial charge in [-0.15, -0.1) is 0 Å². The molecule has 0 aromatic heterocycles. The molecule has 0 saturated carbocycles. The average molecular weight is 157 g/mol. The Labute approximate surface area is 67.2 Å². The zero-order valence-corrected chi connectivity index (χ0v) is 7.14. The summed E-state index contributed by atoms with van der Waals surface area (Å²) >= 11 is 0. The van der Waals surface area contributed by atoms with Crippen molar-refractivity contribution in [1.29, 1.82) is 0 Å². The van der Waals surface area contributed by atoms with Crippen LogP contribution < -0.4 is 5.32 Å². The summed E-state index contributed by atoms with van der Waals surface area (Å²) in [6.07, 6.45) is 3.47. The fourth-order valence-electron chi connectivity index (χ4n) is 0.794. The molecule has 0 aliphatic heterocycles. The van der Waals surface area contributed by atoms with Crippen molar-refractivity contribution in [2.24, 2.45) is 0 Å². The zero-order chi connectivity index (χ0) is 8.69. The van der Waals surface area contributed by atoms with E-state index in [0.717, 1.165) is 19.3 Å². The largest absolute Gasteiger partial charge is 0.297 e. The van der Waals surface area contributed by atoms with Crippen LogP contribution >= 0.6 is 0 Å². The Balaban J connectivity index is 3.30.